The van der Waals surface area contributed by atoms with E-state index in [2.05, 4.69) is 15.5 Å². The number of rotatable bonds is 4. The first-order valence-electron chi connectivity index (χ1n) is 5.60. The van der Waals surface area contributed by atoms with E-state index >= 15 is 0 Å². The van der Waals surface area contributed by atoms with Crippen LogP contribution >= 0.6 is 23.1 Å². The van der Waals surface area contributed by atoms with Gasteiger partial charge in [-0.25, -0.2) is 0 Å². The number of nitrogens with one attached hydrogen (secondary N) is 1. The van der Waals surface area contributed by atoms with Gasteiger partial charge in [0.2, 0.25) is 5.13 Å². The van der Waals surface area contributed by atoms with Crippen LogP contribution in [0.4, 0.5) is 5.13 Å². The van der Waals surface area contributed by atoms with E-state index in [0.29, 0.717) is 0 Å². The van der Waals surface area contributed by atoms with E-state index in [4.69, 9.17) is 0 Å². The van der Waals surface area contributed by atoms with Gasteiger partial charge in [0.05, 0.1) is 0 Å². The molecule has 1 aromatic heterocycles. The molecule has 1 fully saturated rings. The van der Waals surface area contributed by atoms with E-state index in [9.17, 15) is 0 Å². The molecule has 1 N–H and O–H groups in total. The van der Waals surface area contributed by atoms with Gasteiger partial charge in [0.15, 0.2) is 4.34 Å². The highest BCUT2D eigenvalue weighted by Gasteiger charge is 2.14. The van der Waals surface area contributed by atoms with Crippen LogP contribution in [-0.4, -0.2) is 43.1 Å². The second-order valence-electron chi connectivity index (χ2n) is 4.27. The number of hydrogen-bond donors (Lipinski definition) is 1. The molecule has 6 heteroatoms. The topological polar surface area (TPSA) is 41.1 Å². The van der Waals surface area contributed by atoms with Crippen molar-refractivity contribution >= 4 is 28.2 Å². The molecular weight excluding hydrogens is 240 g/mol. The predicted octanol–water partition coefficient (Wildman–Crippen LogP) is 1.70. The fraction of sp³-hybridized carbons (Fsp3) is 0.800. The molecule has 1 aliphatic heterocycles. The minimum Gasteiger partial charge on any atom is -0.353 e. The summed E-state index contributed by atoms with van der Waals surface area (Å²) in [6, 6.07) is 0. The second-order valence-corrected chi connectivity index (χ2v) is 6.49. The van der Waals surface area contributed by atoms with E-state index in [-0.39, 0.29) is 0 Å². The van der Waals surface area contributed by atoms with Gasteiger partial charge in [0, 0.05) is 19.8 Å². The fourth-order valence-electron chi connectivity index (χ4n) is 1.70. The first kappa shape index (κ1) is 12.1. The molecule has 0 radical (unpaired) electrons. The van der Waals surface area contributed by atoms with E-state index in [1.807, 2.05) is 30.8 Å². The molecule has 0 saturated carbocycles. The number of hydrogen-bond acceptors (Lipinski definition) is 6. The molecule has 4 nitrogen and oxygen atoms in total. The molecule has 1 aliphatic rings. The van der Waals surface area contributed by atoms with Crippen molar-refractivity contribution in [3.8, 4) is 0 Å². The van der Waals surface area contributed by atoms with Crippen LogP contribution in [-0.2, 0) is 0 Å². The molecule has 0 bridgehead atoms. The summed E-state index contributed by atoms with van der Waals surface area (Å²) < 4.78 is 1.09. The van der Waals surface area contributed by atoms with Crippen LogP contribution < -0.4 is 10.2 Å². The Kier molecular flexibility index (Phi) is 4.43. The lowest BCUT2D eigenvalue weighted by Crippen LogP contribution is -2.30. The zero-order valence-electron chi connectivity index (χ0n) is 9.77. The smallest absolute Gasteiger partial charge is 0.208 e. The molecule has 0 aliphatic carbocycles. The average molecular weight is 258 g/mol. The lowest BCUT2D eigenvalue weighted by atomic mass is 10.0. The highest BCUT2D eigenvalue weighted by Crippen LogP contribution is 2.29. The summed E-state index contributed by atoms with van der Waals surface area (Å²) in [5.41, 5.74) is 0. The summed E-state index contributed by atoms with van der Waals surface area (Å²) in [5.74, 6) is 1.96. The van der Waals surface area contributed by atoms with Crippen molar-refractivity contribution in [2.75, 3.05) is 37.8 Å². The van der Waals surface area contributed by atoms with Crippen molar-refractivity contribution in [2.45, 2.75) is 17.2 Å². The Morgan fingerprint density at radius 2 is 2.38 bits per heavy atom. The Bertz CT molecular complexity index is 320. The first-order chi connectivity index (χ1) is 7.75. The maximum absolute atomic E-state index is 4.19. The molecule has 1 atom stereocenters. The van der Waals surface area contributed by atoms with Gasteiger partial charge in [-0.2, -0.15) is 0 Å². The molecule has 90 valence electrons. The zero-order chi connectivity index (χ0) is 11.4. The predicted molar refractivity (Wildman–Crippen MR) is 70.6 cm³/mol. The van der Waals surface area contributed by atoms with Crippen LogP contribution in [0, 0.1) is 5.92 Å². The highest BCUT2D eigenvalue weighted by molar-refractivity contribution is 8.01. The normalized spacial score (nSPS) is 21.0. The van der Waals surface area contributed by atoms with Crippen LogP contribution in [0.1, 0.15) is 12.8 Å². The second kappa shape index (κ2) is 5.84. The number of anilines is 1. The summed E-state index contributed by atoms with van der Waals surface area (Å²) in [7, 11) is 4.00. The quantitative estimate of drug-likeness (QED) is 0.833. The van der Waals surface area contributed by atoms with Crippen LogP contribution in [0.2, 0.25) is 0 Å². The molecule has 1 aromatic rings. The summed E-state index contributed by atoms with van der Waals surface area (Å²) in [6.45, 7) is 2.34. The van der Waals surface area contributed by atoms with Crippen LogP contribution in [0.5, 0.6) is 0 Å². The van der Waals surface area contributed by atoms with Gasteiger partial charge in [-0.05, 0) is 31.8 Å². The molecule has 0 spiro atoms. The van der Waals surface area contributed by atoms with E-state index < -0.39 is 0 Å². The Morgan fingerprint density at radius 3 is 3.00 bits per heavy atom. The summed E-state index contributed by atoms with van der Waals surface area (Å²) in [4.78, 5) is 2.00. The SMILES string of the molecule is CN(C)c1nnc(SCC2CCCNC2)s1. The van der Waals surface area contributed by atoms with Gasteiger partial charge < -0.3 is 10.2 Å². The Balaban J connectivity index is 1.79. The standard InChI is InChI=1S/C10H18N4S2/c1-14(2)9-12-13-10(16-9)15-7-8-4-3-5-11-6-8/h8,11H,3-7H2,1-2H3. The Morgan fingerprint density at radius 1 is 1.50 bits per heavy atom. The summed E-state index contributed by atoms with van der Waals surface area (Å²) in [5, 5.41) is 12.8. The van der Waals surface area contributed by atoms with Crippen molar-refractivity contribution in [1.29, 1.82) is 0 Å². The third kappa shape index (κ3) is 3.33. The van der Waals surface area contributed by atoms with Gasteiger partial charge in [-0.3, -0.25) is 0 Å². The van der Waals surface area contributed by atoms with E-state index in [1.165, 1.54) is 19.4 Å². The van der Waals surface area contributed by atoms with Gasteiger partial charge in [-0.15, -0.1) is 10.2 Å². The molecule has 2 rings (SSSR count). The van der Waals surface area contributed by atoms with Gasteiger partial charge in [0.25, 0.3) is 0 Å². The van der Waals surface area contributed by atoms with Crippen molar-refractivity contribution in [3.63, 3.8) is 0 Å². The monoisotopic (exact) mass is 258 g/mol. The van der Waals surface area contributed by atoms with E-state index in [1.54, 1.807) is 11.3 Å². The fourth-order valence-corrected chi connectivity index (χ4v) is 3.62. The third-order valence-corrected chi connectivity index (χ3v) is 5.08. The Hall–Kier alpha value is -0.330. The number of piperidine rings is 1. The number of nitrogens with zero attached hydrogens (tertiary/aromatic N) is 3. The molecule has 2 heterocycles. The molecule has 0 amide bonds. The van der Waals surface area contributed by atoms with Crippen LogP contribution in [0.3, 0.4) is 0 Å². The summed E-state index contributed by atoms with van der Waals surface area (Å²) in [6.07, 6.45) is 2.66. The molecule has 1 unspecified atom stereocenters. The first-order valence-corrected chi connectivity index (χ1v) is 7.40. The molecular formula is C10H18N4S2. The van der Waals surface area contributed by atoms with Gasteiger partial charge in [0.1, 0.15) is 0 Å². The lowest BCUT2D eigenvalue weighted by Gasteiger charge is -2.21. The maximum atomic E-state index is 4.19. The van der Waals surface area contributed by atoms with Crippen molar-refractivity contribution in [1.82, 2.24) is 15.5 Å². The summed E-state index contributed by atoms with van der Waals surface area (Å²) >= 11 is 3.52. The number of aromatic nitrogens is 2. The van der Waals surface area contributed by atoms with Gasteiger partial charge >= 0.3 is 0 Å². The van der Waals surface area contributed by atoms with Crippen molar-refractivity contribution in [2.24, 2.45) is 5.92 Å². The van der Waals surface area contributed by atoms with Crippen molar-refractivity contribution < 1.29 is 0 Å². The van der Waals surface area contributed by atoms with Crippen molar-refractivity contribution in [3.05, 3.63) is 0 Å². The van der Waals surface area contributed by atoms with E-state index in [0.717, 1.165) is 27.7 Å². The zero-order valence-corrected chi connectivity index (χ0v) is 11.4. The Labute approximate surface area is 105 Å². The minimum absolute atomic E-state index is 0.797. The number of thioether (sulfide) groups is 1. The third-order valence-electron chi connectivity index (χ3n) is 2.62. The minimum atomic E-state index is 0.797. The highest BCUT2D eigenvalue weighted by atomic mass is 32.2. The van der Waals surface area contributed by atoms with Crippen LogP contribution in [0.15, 0.2) is 4.34 Å². The average Bonchev–Trinajstić information content (AvgIpc) is 2.76. The lowest BCUT2D eigenvalue weighted by molar-refractivity contribution is 0.410. The van der Waals surface area contributed by atoms with Gasteiger partial charge in [-0.1, -0.05) is 23.1 Å². The maximum Gasteiger partial charge on any atom is 0.208 e. The molecule has 1 saturated heterocycles. The molecule has 0 aromatic carbocycles. The largest absolute Gasteiger partial charge is 0.353 e. The molecule has 16 heavy (non-hydrogen) atoms. The van der Waals surface area contributed by atoms with Crippen LogP contribution in [0.25, 0.3) is 0 Å².